The highest BCUT2D eigenvalue weighted by atomic mass is 32.1. The predicted molar refractivity (Wildman–Crippen MR) is 79.3 cm³/mol. The van der Waals surface area contributed by atoms with Crippen molar-refractivity contribution in [2.24, 2.45) is 7.05 Å². The van der Waals surface area contributed by atoms with Crippen molar-refractivity contribution in [2.45, 2.75) is 31.8 Å². The molecule has 21 heavy (non-hydrogen) atoms. The van der Waals surface area contributed by atoms with Crippen molar-refractivity contribution >= 4 is 22.4 Å². The Morgan fingerprint density at radius 3 is 3.24 bits per heavy atom. The van der Waals surface area contributed by atoms with Crippen LogP contribution in [0, 0.1) is 0 Å². The molecule has 1 unspecified atom stereocenters. The van der Waals surface area contributed by atoms with Crippen LogP contribution in [0.1, 0.15) is 23.4 Å². The molecule has 1 N–H and O–H groups in total. The summed E-state index contributed by atoms with van der Waals surface area (Å²) >= 11 is 1.56. The van der Waals surface area contributed by atoms with Crippen LogP contribution in [0.15, 0.2) is 6.20 Å². The molecule has 1 aliphatic heterocycles. The van der Waals surface area contributed by atoms with E-state index in [-0.39, 0.29) is 12.0 Å². The number of anilines is 1. The third-order valence-electron chi connectivity index (χ3n) is 4.06. The fourth-order valence-electron chi connectivity index (χ4n) is 2.94. The minimum absolute atomic E-state index is 0.0787. The van der Waals surface area contributed by atoms with Gasteiger partial charge in [0, 0.05) is 29.8 Å². The summed E-state index contributed by atoms with van der Waals surface area (Å²) in [4.78, 5) is 17.9. The molecule has 0 aromatic carbocycles. The van der Waals surface area contributed by atoms with E-state index in [0.717, 1.165) is 36.9 Å². The number of carbonyl (C=O) groups excluding carboxylic acids is 1. The normalized spacial score (nSPS) is 20.1. The van der Waals surface area contributed by atoms with Gasteiger partial charge >= 0.3 is 0 Å². The minimum atomic E-state index is -0.320. The van der Waals surface area contributed by atoms with Crippen LogP contribution in [0.5, 0.6) is 0 Å². The zero-order chi connectivity index (χ0) is 14.4. The molecule has 1 amide bonds. The summed E-state index contributed by atoms with van der Waals surface area (Å²) in [6.07, 6.45) is 5.21. The molecule has 0 saturated carbocycles. The SMILES string of the molecule is Cn1ncc2c1CCc1sc(NC(=O)C3CCCO3)nc1-2. The van der Waals surface area contributed by atoms with Crippen molar-refractivity contribution in [1.29, 1.82) is 0 Å². The van der Waals surface area contributed by atoms with Crippen molar-refractivity contribution in [3.8, 4) is 11.3 Å². The molecule has 1 saturated heterocycles. The van der Waals surface area contributed by atoms with Gasteiger partial charge in [-0.3, -0.25) is 14.8 Å². The summed E-state index contributed by atoms with van der Waals surface area (Å²) in [7, 11) is 1.95. The van der Waals surface area contributed by atoms with E-state index in [0.29, 0.717) is 11.7 Å². The number of carbonyl (C=O) groups is 1. The van der Waals surface area contributed by atoms with E-state index in [1.165, 1.54) is 10.6 Å². The van der Waals surface area contributed by atoms with Crippen LogP contribution in [0.2, 0.25) is 0 Å². The molecule has 110 valence electrons. The lowest BCUT2D eigenvalue weighted by Gasteiger charge is -2.10. The maximum atomic E-state index is 12.1. The Morgan fingerprint density at radius 1 is 1.52 bits per heavy atom. The Hall–Kier alpha value is -1.73. The van der Waals surface area contributed by atoms with Crippen LogP contribution >= 0.6 is 11.3 Å². The molecule has 1 aliphatic carbocycles. The quantitative estimate of drug-likeness (QED) is 0.918. The lowest BCUT2D eigenvalue weighted by molar-refractivity contribution is -0.124. The highest BCUT2D eigenvalue weighted by molar-refractivity contribution is 7.16. The van der Waals surface area contributed by atoms with Crippen molar-refractivity contribution in [3.63, 3.8) is 0 Å². The van der Waals surface area contributed by atoms with Crippen LogP contribution in [-0.2, 0) is 29.4 Å². The largest absolute Gasteiger partial charge is 0.368 e. The maximum absolute atomic E-state index is 12.1. The summed E-state index contributed by atoms with van der Waals surface area (Å²) in [5.74, 6) is -0.0787. The van der Waals surface area contributed by atoms with Gasteiger partial charge < -0.3 is 4.74 Å². The summed E-state index contributed by atoms with van der Waals surface area (Å²) in [5.41, 5.74) is 3.27. The first-order valence-corrected chi connectivity index (χ1v) is 7.97. The second-order valence-corrected chi connectivity index (χ2v) is 6.49. The molecule has 0 radical (unpaired) electrons. The molecule has 6 nitrogen and oxygen atoms in total. The number of rotatable bonds is 2. The maximum Gasteiger partial charge on any atom is 0.255 e. The molecular weight excluding hydrogens is 288 g/mol. The summed E-state index contributed by atoms with van der Waals surface area (Å²) in [6.45, 7) is 0.672. The number of nitrogens with one attached hydrogen (secondary N) is 1. The first-order chi connectivity index (χ1) is 10.2. The number of nitrogens with zero attached hydrogens (tertiary/aromatic N) is 3. The Bertz CT molecular complexity index is 700. The monoisotopic (exact) mass is 304 g/mol. The van der Waals surface area contributed by atoms with Crippen LogP contribution in [0.4, 0.5) is 5.13 Å². The number of hydrogen-bond donors (Lipinski definition) is 1. The fourth-order valence-corrected chi connectivity index (χ4v) is 3.92. The average Bonchev–Trinajstić information content (AvgIpc) is 3.17. The number of amides is 1. The molecule has 3 heterocycles. The second kappa shape index (κ2) is 4.92. The third-order valence-corrected chi connectivity index (χ3v) is 5.09. The Morgan fingerprint density at radius 2 is 2.43 bits per heavy atom. The van der Waals surface area contributed by atoms with E-state index in [9.17, 15) is 4.79 Å². The standard InChI is InChI=1S/C14H16N4O2S/c1-18-9-4-5-11-12(8(9)7-15-18)16-14(21-11)17-13(19)10-3-2-6-20-10/h7,10H,2-6H2,1H3,(H,16,17,19). The predicted octanol–water partition coefficient (Wildman–Crippen LogP) is 1.76. The first kappa shape index (κ1) is 13.0. The minimum Gasteiger partial charge on any atom is -0.368 e. The van der Waals surface area contributed by atoms with E-state index in [4.69, 9.17) is 4.74 Å². The number of fused-ring (bicyclic) bond motifs is 3. The van der Waals surface area contributed by atoms with Gasteiger partial charge in [0.25, 0.3) is 5.91 Å². The Labute approximate surface area is 126 Å². The van der Waals surface area contributed by atoms with Gasteiger partial charge in [0.2, 0.25) is 0 Å². The zero-order valence-electron chi connectivity index (χ0n) is 11.8. The number of hydrogen-bond acceptors (Lipinski definition) is 5. The van der Waals surface area contributed by atoms with Gasteiger partial charge in [0.1, 0.15) is 6.10 Å². The van der Waals surface area contributed by atoms with Crippen molar-refractivity contribution in [1.82, 2.24) is 14.8 Å². The van der Waals surface area contributed by atoms with Gasteiger partial charge in [-0.25, -0.2) is 4.98 Å². The lowest BCUT2D eigenvalue weighted by Crippen LogP contribution is -2.26. The molecule has 4 rings (SSSR count). The van der Waals surface area contributed by atoms with E-state index in [1.807, 2.05) is 17.9 Å². The number of thiazole rings is 1. The fraction of sp³-hybridized carbons (Fsp3) is 0.500. The Kier molecular flexibility index (Phi) is 3.04. The zero-order valence-corrected chi connectivity index (χ0v) is 12.6. The van der Waals surface area contributed by atoms with Gasteiger partial charge in [-0.2, -0.15) is 5.10 Å². The van der Waals surface area contributed by atoms with Crippen LogP contribution in [0.25, 0.3) is 11.3 Å². The molecule has 2 aromatic heterocycles. The molecule has 2 aromatic rings. The summed E-state index contributed by atoms with van der Waals surface area (Å²) in [5, 5.41) is 7.86. The molecule has 0 bridgehead atoms. The smallest absolute Gasteiger partial charge is 0.255 e. The summed E-state index contributed by atoms with van der Waals surface area (Å²) < 4.78 is 7.31. The number of aromatic nitrogens is 3. The Balaban J connectivity index is 1.59. The van der Waals surface area contributed by atoms with Gasteiger partial charge in [-0.15, -0.1) is 11.3 Å². The lowest BCUT2D eigenvalue weighted by atomic mass is 10.0. The van der Waals surface area contributed by atoms with Crippen molar-refractivity contribution in [3.05, 3.63) is 16.8 Å². The highest BCUT2D eigenvalue weighted by Crippen LogP contribution is 2.37. The molecule has 2 aliphatic rings. The highest BCUT2D eigenvalue weighted by Gasteiger charge is 2.27. The van der Waals surface area contributed by atoms with E-state index >= 15 is 0 Å². The molecule has 7 heteroatoms. The number of ether oxygens (including phenoxy) is 1. The second-order valence-electron chi connectivity index (χ2n) is 5.41. The number of aryl methyl sites for hydroxylation is 2. The van der Waals surface area contributed by atoms with Crippen LogP contribution in [0.3, 0.4) is 0 Å². The van der Waals surface area contributed by atoms with Gasteiger partial charge in [-0.05, 0) is 25.7 Å². The summed E-state index contributed by atoms with van der Waals surface area (Å²) in [6, 6.07) is 0. The van der Waals surface area contributed by atoms with E-state index in [1.54, 1.807) is 11.3 Å². The van der Waals surface area contributed by atoms with Crippen molar-refractivity contribution < 1.29 is 9.53 Å². The third kappa shape index (κ3) is 2.16. The molecule has 1 atom stereocenters. The topological polar surface area (TPSA) is 69.0 Å². The van der Waals surface area contributed by atoms with E-state index < -0.39 is 0 Å². The van der Waals surface area contributed by atoms with Gasteiger partial charge in [0.05, 0.1) is 11.9 Å². The molecular formula is C14H16N4O2S. The van der Waals surface area contributed by atoms with Crippen LogP contribution in [-0.4, -0.2) is 33.4 Å². The average molecular weight is 304 g/mol. The van der Waals surface area contributed by atoms with Gasteiger partial charge in [0.15, 0.2) is 5.13 Å². The van der Waals surface area contributed by atoms with Gasteiger partial charge in [-0.1, -0.05) is 0 Å². The first-order valence-electron chi connectivity index (χ1n) is 7.16. The van der Waals surface area contributed by atoms with Crippen LogP contribution < -0.4 is 5.32 Å². The molecule has 0 spiro atoms. The molecule has 1 fully saturated rings. The van der Waals surface area contributed by atoms with Crippen molar-refractivity contribution in [2.75, 3.05) is 11.9 Å². The van der Waals surface area contributed by atoms with E-state index in [2.05, 4.69) is 15.4 Å².